The zero-order chi connectivity index (χ0) is 12.7. The lowest BCUT2D eigenvalue weighted by atomic mass is 9.85. The van der Waals surface area contributed by atoms with E-state index >= 15 is 0 Å². The Balaban J connectivity index is 2.00. The van der Waals surface area contributed by atoms with Crippen molar-refractivity contribution >= 4 is 67.9 Å². The fraction of sp³-hybridized carbons (Fsp3) is 0. The summed E-state index contributed by atoms with van der Waals surface area (Å²) in [4.78, 5) is 0. The van der Waals surface area contributed by atoms with Gasteiger partial charge in [0, 0.05) is 0 Å². The molecule has 0 atom stereocenters. The van der Waals surface area contributed by atoms with Gasteiger partial charge in [0.05, 0.1) is 0 Å². The molecule has 1 aliphatic heterocycles. The van der Waals surface area contributed by atoms with Crippen LogP contribution >= 0.6 is 0 Å². The van der Waals surface area contributed by atoms with Crippen molar-refractivity contribution in [2.24, 2.45) is 0 Å². The van der Waals surface area contributed by atoms with Gasteiger partial charge in [-0.05, 0) is 0 Å². The van der Waals surface area contributed by atoms with Crippen molar-refractivity contribution in [3.63, 3.8) is 0 Å². The number of hydrogen-bond acceptors (Lipinski definition) is 9. The SMILES string of the molecule is [B]1N[B]N[B]N[B]N[B]N[B]N[B]N[B]N[B]N1. The third kappa shape index (κ3) is 11.3. The lowest BCUT2D eigenvalue weighted by molar-refractivity contribution is 1.28. The molecule has 9 radical (unpaired) electrons. The van der Waals surface area contributed by atoms with Gasteiger partial charge < -0.3 is 46.2 Å². The third-order valence-corrected chi connectivity index (χ3v) is 1.50. The van der Waals surface area contributed by atoms with E-state index in [9.17, 15) is 0 Å². The Bertz CT molecular complexity index is 93.1. The molecule has 0 aromatic carbocycles. The van der Waals surface area contributed by atoms with E-state index in [1.165, 1.54) is 0 Å². The molecule has 0 amide bonds. The monoisotopic (exact) mass is 234 g/mol. The zero-order valence-corrected chi connectivity index (χ0v) is 9.70. The van der Waals surface area contributed by atoms with E-state index in [1.54, 1.807) is 67.9 Å². The normalized spacial score (nSPS) is 20.0. The fourth-order valence-corrected chi connectivity index (χ4v) is 0.808. The van der Waals surface area contributed by atoms with Gasteiger partial charge in [-0.1, -0.05) is 0 Å². The molecule has 0 saturated carbocycles. The van der Waals surface area contributed by atoms with Crippen LogP contribution in [0.2, 0.25) is 0 Å². The van der Waals surface area contributed by atoms with E-state index < -0.39 is 0 Å². The first-order valence-corrected chi connectivity index (χ1v) is 5.20. The Morgan fingerprint density at radius 1 is 0.222 bits per heavy atom. The molecule has 1 fully saturated rings. The van der Waals surface area contributed by atoms with Gasteiger partial charge in [-0.2, -0.15) is 0 Å². The molecule has 0 spiro atoms. The molecule has 1 rings (SSSR count). The Kier molecular flexibility index (Phi) is 12.3. The topological polar surface area (TPSA) is 108 Å². The summed E-state index contributed by atoms with van der Waals surface area (Å²) in [5.41, 5.74) is 0. The molecule has 1 heterocycles. The summed E-state index contributed by atoms with van der Waals surface area (Å²) in [6.45, 7) is 0. The van der Waals surface area contributed by atoms with Crippen LogP contribution in [0.1, 0.15) is 0 Å². The second-order valence-corrected chi connectivity index (χ2v) is 2.80. The van der Waals surface area contributed by atoms with Gasteiger partial charge in [0.15, 0.2) is 0 Å². The first-order chi connectivity index (χ1) is 9.00. The van der Waals surface area contributed by atoms with Gasteiger partial charge in [-0.25, -0.2) is 0 Å². The largest absolute Gasteiger partial charge is 0.379 e. The predicted molar refractivity (Wildman–Crippen MR) is 80.0 cm³/mol. The summed E-state index contributed by atoms with van der Waals surface area (Å²) in [7, 11) is 14.8. The zero-order valence-electron chi connectivity index (χ0n) is 9.70. The average molecular weight is 232 g/mol. The van der Waals surface area contributed by atoms with Gasteiger partial charge in [0.2, 0.25) is 0 Å². The molecule has 1 saturated heterocycles. The van der Waals surface area contributed by atoms with E-state index in [-0.39, 0.29) is 0 Å². The van der Waals surface area contributed by atoms with Gasteiger partial charge in [0.1, 0.15) is 0 Å². The Labute approximate surface area is 115 Å². The predicted octanol–water partition coefficient (Wildman–Crippen LogP) is -7.89. The summed E-state index contributed by atoms with van der Waals surface area (Å²) < 4.78 is 0. The van der Waals surface area contributed by atoms with Crippen LogP contribution in [0.3, 0.4) is 0 Å². The summed E-state index contributed by atoms with van der Waals surface area (Å²) >= 11 is 0. The van der Waals surface area contributed by atoms with E-state index in [0.717, 1.165) is 0 Å². The van der Waals surface area contributed by atoms with Crippen LogP contribution in [-0.4, -0.2) is 67.9 Å². The molecule has 0 aromatic heterocycles. The fourth-order valence-electron chi connectivity index (χ4n) is 0.808. The molecular weight excluding hydrogens is 223 g/mol. The minimum atomic E-state index is 1.64. The highest BCUT2D eigenvalue weighted by Crippen LogP contribution is 1.48. The van der Waals surface area contributed by atoms with Crippen molar-refractivity contribution < 1.29 is 0 Å². The van der Waals surface area contributed by atoms with Crippen LogP contribution in [-0.2, 0) is 0 Å². The molecule has 0 aliphatic carbocycles. The van der Waals surface area contributed by atoms with Gasteiger partial charge in [-0.3, -0.25) is 0 Å². The Morgan fingerprint density at radius 2 is 0.333 bits per heavy atom. The van der Waals surface area contributed by atoms with Crippen LogP contribution in [0.25, 0.3) is 0 Å². The molecule has 9 N–H and O–H groups in total. The first-order valence-electron chi connectivity index (χ1n) is 5.20. The molecule has 0 aromatic rings. The molecular formula is H9B9N9. The Morgan fingerprint density at radius 3 is 0.444 bits per heavy atom. The molecule has 1 aliphatic rings. The molecule has 18 heteroatoms. The lowest BCUT2D eigenvalue weighted by Crippen LogP contribution is -2.55. The van der Waals surface area contributed by atoms with Crippen LogP contribution < -0.4 is 46.2 Å². The minimum Gasteiger partial charge on any atom is -0.379 e. The number of hydrogen-bond donors (Lipinski definition) is 9. The van der Waals surface area contributed by atoms with Gasteiger partial charge >= 0.3 is 0 Å². The highest BCUT2D eigenvalue weighted by molar-refractivity contribution is 6.66. The van der Waals surface area contributed by atoms with Gasteiger partial charge in [-0.15, -0.1) is 0 Å². The van der Waals surface area contributed by atoms with Crippen molar-refractivity contribution in [1.29, 1.82) is 0 Å². The maximum atomic E-state index is 2.86. The van der Waals surface area contributed by atoms with E-state index in [1.807, 2.05) is 0 Å². The molecule has 0 unspecified atom stereocenters. The molecule has 0 bridgehead atoms. The Hall–Kier alpha value is 0.224. The van der Waals surface area contributed by atoms with Crippen molar-refractivity contribution in [2.45, 2.75) is 0 Å². The second kappa shape index (κ2) is 13.7. The molecule has 18 heavy (non-hydrogen) atoms. The van der Waals surface area contributed by atoms with Crippen LogP contribution in [0.5, 0.6) is 0 Å². The maximum Gasteiger partial charge on any atom is 0.284 e. The highest BCUT2D eigenvalue weighted by Gasteiger charge is 1.99. The second-order valence-electron chi connectivity index (χ2n) is 2.80. The summed E-state index contributed by atoms with van der Waals surface area (Å²) in [5, 5.41) is 25.7. The van der Waals surface area contributed by atoms with Crippen molar-refractivity contribution in [2.75, 3.05) is 0 Å². The lowest BCUT2D eigenvalue weighted by Gasteiger charge is -2.07. The van der Waals surface area contributed by atoms with Crippen molar-refractivity contribution in [1.82, 2.24) is 46.2 Å². The van der Waals surface area contributed by atoms with E-state index in [4.69, 9.17) is 0 Å². The van der Waals surface area contributed by atoms with Crippen LogP contribution in [0.15, 0.2) is 0 Å². The first kappa shape index (κ1) is 16.3. The van der Waals surface area contributed by atoms with Crippen molar-refractivity contribution in [3.05, 3.63) is 0 Å². The third-order valence-electron chi connectivity index (χ3n) is 1.50. The summed E-state index contributed by atoms with van der Waals surface area (Å²) in [6.07, 6.45) is 0. The van der Waals surface area contributed by atoms with Crippen LogP contribution in [0.4, 0.5) is 0 Å². The minimum absolute atomic E-state index is 1.64. The van der Waals surface area contributed by atoms with Crippen LogP contribution in [0, 0.1) is 0 Å². The quantitative estimate of drug-likeness (QED) is 0.188. The molecule has 9 nitrogen and oxygen atoms in total. The standard InChI is InChI=1S/B9H9N9/c1-10-2-12-4-14-6-16-8-18-9-17-7-15-5-13-3-11-1/h10-18H. The van der Waals surface area contributed by atoms with Gasteiger partial charge in [0.25, 0.3) is 67.9 Å². The summed E-state index contributed by atoms with van der Waals surface area (Å²) in [6, 6.07) is 0. The average Bonchev–Trinajstić information content (AvgIpc) is 2.39. The number of rotatable bonds is 0. The van der Waals surface area contributed by atoms with E-state index in [0.29, 0.717) is 0 Å². The van der Waals surface area contributed by atoms with E-state index in [2.05, 4.69) is 46.2 Å². The number of nitrogens with one attached hydrogen (secondary N) is 9. The molecule has 81 valence electrons. The maximum absolute atomic E-state index is 2.86. The van der Waals surface area contributed by atoms with Crippen molar-refractivity contribution in [3.8, 4) is 0 Å². The smallest absolute Gasteiger partial charge is 0.284 e. The highest BCUT2D eigenvalue weighted by atomic mass is 15.0. The summed E-state index contributed by atoms with van der Waals surface area (Å²) in [5.74, 6) is 0.